The Bertz CT molecular complexity index is 1170. The minimum atomic E-state index is -0.114. The lowest BCUT2D eigenvalue weighted by molar-refractivity contribution is 1.03. The molecule has 0 spiro atoms. The van der Waals surface area contributed by atoms with E-state index in [0.717, 1.165) is 39.1 Å². The van der Waals surface area contributed by atoms with E-state index < -0.39 is 0 Å². The maximum atomic E-state index is 12.0. The van der Waals surface area contributed by atoms with Gasteiger partial charge in [0.25, 0.3) is 0 Å². The van der Waals surface area contributed by atoms with Crippen molar-refractivity contribution >= 4 is 16.7 Å². The molecule has 0 fully saturated rings. The van der Waals surface area contributed by atoms with Gasteiger partial charge in [-0.15, -0.1) is 0 Å². The molecule has 2 N–H and O–H groups in total. The van der Waals surface area contributed by atoms with Crippen LogP contribution < -0.4 is 10.9 Å². The summed E-state index contributed by atoms with van der Waals surface area (Å²) >= 11 is 0. The Hall–Kier alpha value is -3.54. The maximum absolute atomic E-state index is 12.0. The molecule has 0 unspecified atom stereocenters. The molecule has 4 rings (SSSR count). The van der Waals surface area contributed by atoms with Crippen LogP contribution in [-0.2, 0) is 6.54 Å². The third-order valence-electron chi connectivity index (χ3n) is 4.59. The lowest BCUT2D eigenvalue weighted by Crippen LogP contribution is -2.11. The molecule has 0 aliphatic carbocycles. The fraction of sp³-hybridized carbons (Fsp3) is 0.143. The molecule has 27 heavy (non-hydrogen) atoms. The predicted octanol–water partition coefficient (Wildman–Crippen LogP) is 3.61. The molecule has 4 aromatic rings. The first-order valence-electron chi connectivity index (χ1n) is 8.72. The van der Waals surface area contributed by atoms with E-state index >= 15 is 0 Å². The number of nitrogens with zero attached hydrogens (tertiary/aromatic N) is 3. The van der Waals surface area contributed by atoms with Gasteiger partial charge in [0.1, 0.15) is 5.82 Å². The summed E-state index contributed by atoms with van der Waals surface area (Å²) < 4.78 is 0. The zero-order chi connectivity index (χ0) is 18.8. The van der Waals surface area contributed by atoms with Crippen LogP contribution in [0.2, 0.25) is 0 Å². The zero-order valence-corrected chi connectivity index (χ0v) is 15.2. The molecule has 0 saturated heterocycles. The zero-order valence-electron chi connectivity index (χ0n) is 15.2. The highest BCUT2D eigenvalue weighted by molar-refractivity contribution is 5.82. The Balaban J connectivity index is 1.70. The van der Waals surface area contributed by atoms with Gasteiger partial charge in [-0.2, -0.15) is 0 Å². The molecule has 6 heteroatoms. The van der Waals surface area contributed by atoms with Crippen molar-refractivity contribution in [3.8, 4) is 11.4 Å². The van der Waals surface area contributed by atoms with Gasteiger partial charge in [0.05, 0.1) is 0 Å². The topological polar surface area (TPSA) is 83.6 Å². The van der Waals surface area contributed by atoms with E-state index in [2.05, 4.69) is 25.3 Å². The molecule has 0 atom stereocenters. The van der Waals surface area contributed by atoms with Crippen LogP contribution in [-0.4, -0.2) is 19.9 Å². The summed E-state index contributed by atoms with van der Waals surface area (Å²) in [6.07, 6.45) is 3.47. The number of hydrogen-bond acceptors (Lipinski definition) is 5. The van der Waals surface area contributed by atoms with Crippen LogP contribution in [0.15, 0.2) is 59.7 Å². The second kappa shape index (κ2) is 6.99. The Labute approximate surface area is 156 Å². The third kappa shape index (κ3) is 3.42. The van der Waals surface area contributed by atoms with Crippen LogP contribution in [0.1, 0.15) is 16.8 Å². The second-order valence-electron chi connectivity index (χ2n) is 6.41. The van der Waals surface area contributed by atoms with Gasteiger partial charge in [0.15, 0.2) is 5.82 Å². The van der Waals surface area contributed by atoms with Crippen LogP contribution in [0.4, 0.5) is 5.82 Å². The number of anilines is 1. The average Bonchev–Trinajstić information content (AvgIpc) is 2.69. The molecule has 0 saturated carbocycles. The molecule has 0 radical (unpaired) electrons. The minimum Gasteiger partial charge on any atom is -0.366 e. The van der Waals surface area contributed by atoms with Crippen LogP contribution in [0.3, 0.4) is 0 Å². The molecular weight excluding hydrogens is 338 g/mol. The molecule has 0 bridgehead atoms. The van der Waals surface area contributed by atoms with Gasteiger partial charge in [-0.3, -0.25) is 9.78 Å². The van der Waals surface area contributed by atoms with E-state index in [4.69, 9.17) is 0 Å². The predicted molar refractivity (Wildman–Crippen MR) is 107 cm³/mol. The Morgan fingerprint density at radius 2 is 1.93 bits per heavy atom. The first kappa shape index (κ1) is 16.9. The lowest BCUT2D eigenvalue weighted by Gasteiger charge is -2.13. The number of rotatable bonds is 4. The average molecular weight is 357 g/mol. The number of pyridine rings is 2. The highest BCUT2D eigenvalue weighted by Crippen LogP contribution is 2.22. The SMILES string of the molecule is Cc1nc(-c2cccnc2)nc(NCc2cc(=O)[nH]c3ccccc23)c1C. The van der Waals surface area contributed by atoms with E-state index in [9.17, 15) is 4.79 Å². The van der Waals surface area contributed by atoms with Crippen molar-refractivity contribution in [2.45, 2.75) is 20.4 Å². The molecule has 0 aliphatic heterocycles. The second-order valence-corrected chi connectivity index (χ2v) is 6.41. The lowest BCUT2D eigenvalue weighted by atomic mass is 10.1. The molecule has 134 valence electrons. The van der Waals surface area contributed by atoms with E-state index in [1.807, 2.05) is 50.2 Å². The Morgan fingerprint density at radius 1 is 1.07 bits per heavy atom. The smallest absolute Gasteiger partial charge is 0.248 e. The van der Waals surface area contributed by atoms with Crippen LogP contribution in [0.5, 0.6) is 0 Å². The number of hydrogen-bond donors (Lipinski definition) is 2. The van der Waals surface area contributed by atoms with Gasteiger partial charge >= 0.3 is 0 Å². The highest BCUT2D eigenvalue weighted by atomic mass is 16.1. The van der Waals surface area contributed by atoms with Crippen molar-refractivity contribution in [1.29, 1.82) is 0 Å². The summed E-state index contributed by atoms with van der Waals surface area (Å²) in [6, 6.07) is 13.2. The van der Waals surface area contributed by atoms with Crippen molar-refractivity contribution in [2.24, 2.45) is 0 Å². The summed E-state index contributed by atoms with van der Waals surface area (Å²) in [4.78, 5) is 28.2. The van der Waals surface area contributed by atoms with Crippen molar-refractivity contribution in [3.05, 3.63) is 82.0 Å². The standard InChI is InChI=1S/C21H19N5O/c1-13-14(2)24-21(15-6-5-9-22-11-15)26-20(13)23-12-16-10-19(27)25-18-8-4-3-7-17(16)18/h3-11H,12H2,1-2H3,(H,25,27)(H,23,24,26). The van der Waals surface area contributed by atoms with Gasteiger partial charge in [-0.05, 0) is 37.6 Å². The summed E-state index contributed by atoms with van der Waals surface area (Å²) in [5.74, 6) is 1.38. The number of nitrogens with one attached hydrogen (secondary N) is 2. The van der Waals surface area contributed by atoms with Gasteiger partial charge in [0, 0.05) is 52.7 Å². The normalized spacial score (nSPS) is 10.9. The largest absolute Gasteiger partial charge is 0.366 e. The number of benzene rings is 1. The molecule has 0 amide bonds. The molecule has 3 aromatic heterocycles. The quantitative estimate of drug-likeness (QED) is 0.583. The van der Waals surface area contributed by atoms with Crippen LogP contribution in [0.25, 0.3) is 22.3 Å². The summed E-state index contributed by atoms with van der Waals surface area (Å²) in [5, 5.41) is 4.39. The van der Waals surface area contributed by atoms with E-state index in [0.29, 0.717) is 12.4 Å². The number of H-pyrrole nitrogens is 1. The van der Waals surface area contributed by atoms with Crippen LogP contribution >= 0.6 is 0 Å². The molecule has 6 nitrogen and oxygen atoms in total. The summed E-state index contributed by atoms with van der Waals surface area (Å²) in [6.45, 7) is 4.44. The minimum absolute atomic E-state index is 0.114. The fourth-order valence-corrected chi connectivity index (χ4v) is 3.03. The maximum Gasteiger partial charge on any atom is 0.248 e. The van der Waals surface area contributed by atoms with Crippen molar-refractivity contribution < 1.29 is 0 Å². The number of aryl methyl sites for hydroxylation is 1. The number of para-hydroxylation sites is 1. The van der Waals surface area contributed by atoms with E-state index in [1.54, 1.807) is 18.5 Å². The van der Waals surface area contributed by atoms with E-state index in [-0.39, 0.29) is 5.56 Å². The van der Waals surface area contributed by atoms with Crippen LogP contribution in [0, 0.1) is 13.8 Å². The molecule has 0 aliphatic rings. The van der Waals surface area contributed by atoms with Crippen molar-refractivity contribution in [1.82, 2.24) is 19.9 Å². The first-order valence-corrected chi connectivity index (χ1v) is 8.72. The summed E-state index contributed by atoms with van der Waals surface area (Å²) in [5.41, 5.74) is 4.39. The van der Waals surface area contributed by atoms with Crippen molar-refractivity contribution in [3.63, 3.8) is 0 Å². The Morgan fingerprint density at radius 3 is 2.74 bits per heavy atom. The van der Waals surface area contributed by atoms with Crippen molar-refractivity contribution in [2.75, 3.05) is 5.32 Å². The number of fused-ring (bicyclic) bond motifs is 1. The third-order valence-corrected chi connectivity index (χ3v) is 4.59. The number of aromatic amines is 1. The van der Waals surface area contributed by atoms with Gasteiger partial charge in [0.2, 0.25) is 5.56 Å². The summed E-state index contributed by atoms with van der Waals surface area (Å²) in [7, 11) is 0. The Kier molecular flexibility index (Phi) is 4.38. The fourth-order valence-electron chi connectivity index (χ4n) is 3.03. The van der Waals surface area contributed by atoms with Gasteiger partial charge in [-0.25, -0.2) is 9.97 Å². The molecular formula is C21H19N5O. The van der Waals surface area contributed by atoms with E-state index in [1.165, 1.54) is 0 Å². The first-order chi connectivity index (χ1) is 13.1. The number of aromatic nitrogens is 4. The van der Waals surface area contributed by atoms with Gasteiger partial charge in [-0.1, -0.05) is 18.2 Å². The monoisotopic (exact) mass is 357 g/mol. The molecule has 1 aromatic carbocycles. The highest BCUT2D eigenvalue weighted by Gasteiger charge is 2.11. The van der Waals surface area contributed by atoms with Gasteiger partial charge < -0.3 is 10.3 Å². The molecule has 3 heterocycles.